The summed E-state index contributed by atoms with van der Waals surface area (Å²) in [6.45, 7) is 1.86. The fourth-order valence-corrected chi connectivity index (χ4v) is 4.05. The minimum Gasteiger partial charge on any atom is -0.411 e. The third-order valence-electron chi connectivity index (χ3n) is 4.76. The van der Waals surface area contributed by atoms with E-state index in [1.54, 1.807) is 0 Å². The molecule has 6 heteroatoms. The van der Waals surface area contributed by atoms with Gasteiger partial charge in [0, 0.05) is 5.56 Å². The van der Waals surface area contributed by atoms with Crippen LogP contribution in [-0.4, -0.2) is 21.4 Å². The molecule has 2 atom stereocenters. The predicted octanol–water partition coefficient (Wildman–Crippen LogP) is 4.41. The summed E-state index contributed by atoms with van der Waals surface area (Å²) in [4.78, 5) is 12.7. The second-order valence-corrected chi connectivity index (χ2v) is 7.94. The number of hydrogen-bond donors (Lipinski definition) is 1. The number of amides is 1. The van der Waals surface area contributed by atoms with Gasteiger partial charge in [0.1, 0.15) is 0 Å². The summed E-state index contributed by atoms with van der Waals surface area (Å²) in [5, 5.41) is 11.4. The molecule has 0 saturated heterocycles. The van der Waals surface area contributed by atoms with Gasteiger partial charge in [-0.1, -0.05) is 54.2 Å². The van der Waals surface area contributed by atoms with Gasteiger partial charge in [0.25, 0.3) is 5.22 Å². The van der Waals surface area contributed by atoms with Crippen LogP contribution in [0.2, 0.25) is 0 Å². The molecule has 1 heterocycles. The number of fused-ring (bicyclic) bond motifs is 1. The highest BCUT2D eigenvalue weighted by atomic mass is 32.2. The van der Waals surface area contributed by atoms with E-state index in [2.05, 4.69) is 33.7 Å². The molecule has 138 valence electrons. The van der Waals surface area contributed by atoms with Gasteiger partial charge in [0.2, 0.25) is 11.8 Å². The van der Waals surface area contributed by atoms with Crippen LogP contribution >= 0.6 is 11.8 Å². The molecule has 1 amide bonds. The Hall–Kier alpha value is -2.60. The Morgan fingerprint density at radius 1 is 1.15 bits per heavy atom. The van der Waals surface area contributed by atoms with E-state index in [0.29, 0.717) is 11.1 Å². The number of benzene rings is 2. The monoisotopic (exact) mass is 379 g/mol. The first kappa shape index (κ1) is 17.8. The number of carbonyl (C=O) groups excluding carboxylic acids is 1. The van der Waals surface area contributed by atoms with Crippen molar-refractivity contribution < 1.29 is 9.21 Å². The smallest absolute Gasteiger partial charge is 0.277 e. The van der Waals surface area contributed by atoms with Crippen LogP contribution in [0.15, 0.2) is 64.2 Å². The van der Waals surface area contributed by atoms with Crippen molar-refractivity contribution in [2.45, 2.75) is 42.7 Å². The van der Waals surface area contributed by atoms with Crippen LogP contribution in [0.25, 0.3) is 11.5 Å². The van der Waals surface area contributed by atoms with Gasteiger partial charge < -0.3 is 9.73 Å². The Morgan fingerprint density at radius 2 is 1.93 bits per heavy atom. The molecule has 0 radical (unpaired) electrons. The molecule has 1 N–H and O–H groups in total. The molecule has 4 rings (SSSR count). The van der Waals surface area contributed by atoms with Crippen molar-refractivity contribution in [3.8, 4) is 11.5 Å². The number of thioether (sulfide) groups is 1. The standard InChI is InChI=1S/C21H21N3O2S/c1-14(27-21-24-23-20(26-21)16-9-3-2-4-10-16)19(25)22-18-13-7-11-15-8-5-6-12-17(15)18/h2-6,8-10,12,14,18H,7,11,13H2,1H3,(H,22,25). The van der Waals surface area contributed by atoms with Gasteiger partial charge in [-0.05, 0) is 49.4 Å². The fourth-order valence-electron chi connectivity index (χ4n) is 3.35. The predicted molar refractivity (Wildman–Crippen MR) is 105 cm³/mol. The first-order chi connectivity index (χ1) is 13.2. The zero-order chi connectivity index (χ0) is 18.6. The lowest BCUT2D eigenvalue weighted by Crippen LogP contribution is -2.35. The average molecular weight is 379 g/mol. The summed E-state index contributed by atoms with van der Waals surface area (Å²) in [7, 11) is 0. The Labute approximate surface area is 162 Å². The normalized spacial score (nSPS) is 17.1. The lowest BCUT2D eigenvalue weighted by Gasteiger charge is -2.27. The first-order valence-electron chi connectivity index (χ1n) is 9.14. The van der Waals surface area contributed by atoms with Crippen LogP contribution in [0, 0.1) is 0 Å². The third kappa shape index (κ3) is 4.06. The number of rotatable bonds is 5. The molecule has 2 aromatic carbocycles. The van der Waals surface area contributed by atoms with E-state index < -0.39 is 0 Å². The lowest BCUT2D eigenvalue weighted by molar-refractivity contribution is -0.121. The van der Waals surface area contributed by atoms with E-state index in [-0.39, 0.29) is 17.2 Å². The molecule has 1 aliphatic carbocycles. The maximum atomic E-state index is 12.7. The Morgan fingerprint density at radius 3 is 2.78 bits per heavy atom. The van der Waals surface area contributed by atoms with Gasteiger partial charge in [0.15, 0.2) is 0 Å². The number of nitrogens with zero attached hydrogens (tertiary/aromatic N) is 2. The van der Waals surface area contributed by atoms with E-state index in [9.17, 15) is 4.79 Å². The van der Waals surface area contributed by atoms with Gasteiger partial charge in [-0.25, -0.2) is 0 Å². The third-order valence-corrected chi connectivity index (χ3v) is 5.69. The average Bonchev–Trinajstić information content (AvgIpc) is 3.17. The van der Waals surface area contributed by atoms with Crippen LogP contribution in [-0.2, 0) is 11.2 Å². The highest BCUT2D eigenvalue weighted by molar-refractivity contribution is 8.00. The van der Waals surface area contributed by atoms with Gasteiger partial charge >= 0.3 is 0 Å². The molecule has 2 unspecified atom stereocenters. The van der Waals surface area contributed by atoms with Crippen molar-refractivity contribution in [3.05, 3.63) is 65.7 Å². The number of aromatic nitrogens is 2. The number of aryl methyl sites for hydroxylation is 1. The maximum absolute atomic E-state index is 12.7. The summed E-state index contributed by atoms with van der Waals surface area (Å²) in [6.07, 6.45) is 3.14. The van der Waals surface area contributed by atoms with Crippen molar-refractivity contribution in [1.29, 1.82) is 0 Å². The summed E-state index contributed by atoms with van der Waals surface area (Å²) >= 11 is 1.28. The molecule has 27 heavy (non-hydrogen) atoms. The Bertz CT molecular complexity index is 926. The summed E-state index contributed by atoms with van der Waals surface area (Å²) in [6, 6.07) is 18.0. The first-order valence-corrected chi connectivity index (χ1v) is 10.0. The molecular formula is C21H21N3O2S. The summed E-state index contributed by atoms with van der Waals surface area (Å²) in [5.74, 6) is 0.452. The molecule has 0 bridgehead atoms. The molecule has 0 aliphatic heterocycles. The highest BCUT2D eigenvalue weighted by Gasteiger charge is 2.25. The molecule has 1 aromatic heterocycles. The second kappa shape index (κ2) is 7.96. The molecule has 0 spiro atoms. The number of carbonyl (C=O) groups is 1. The van der Waals surface area contributed by atoms with Gasteiger partial charge in [0.05, 0.1) is 11.3 Å². The lowest BCUT2D eigenvalue weighted by atomic mass is 9.88. The minimum atomic E-state index is -0.317. The largest absolute Gasteiger partial charge is 0.411 e. The molecule has 0 fully saturated rings. The zero-order valence-electron chi connectivity index (χ0n) is 15.1. The van der Waals surface area contributed by atoms with Crippen molar-refractivity contribution >= 4 is 17.7 Å². The minimum absolute atomic E-state index is 0.0128. The highest BCUT2D eigenvalue weighted by Crippen LogP contribution is 2.31. The summed E-state index contributed by atoms with van der Waals surface area (Å²) in [5.41, 5.74) is 3.44. The quantitative estimate of drug-likeness (QED) is 0.665. The van der Waals surface area contributed by atoms with Crippen LogP contribution < -0.4 is 5.32 Å². The van der Waals surface area contributed by atoms with E-state index >= 15 is 0 Å². The van der Waals surface area contributed by atoms with Crippen LogP contribution in [0.1, 0.15) is 36.9 Å². The molecule has 1 aliphatic rings. The number of nitrogens with one attached hydrogen (secondary N) is 1. The van der Waals surface area contributed by atoms with E-state index in [0.717, 1.165) is 24.8 Å². The molecule has 0 saturated carbocycles. The van der Waals surface area contributed by atoms with Gasteiger partial charge in [-0.2, -0.15) is 0 Å². The van der Waals surface area contributed by atoms with Crippen LogP contribution in [0.4, 0.5) is 0 Å². The maximum Gasteiger partial charge on any atom is 0.277 e. The van der Waals surface area contributed by atoms with Crippen LogP contribution in [0.5, 0.6) is 0 Å². The molecule has 3 aromatic rings. The SMILES string of the molecule is CC(Sc1nnc(-c2ccccc2)o1)C(=O)NC1CCCc2ccccc21. The van der Waals surface area contributed by atoms with Crippen molar-refractivity contribution in [1.82, 2.24) is 15.5 Å². The van der Waals surface area contributed by atoms with Crippen molar-refractivity contribution in [2.24, 2.45) is 0 Å². The van der Waals surface area contributed by atoms with Gasteiger partial charge in [-0.3, -0.25) is 4.79 Å². The van der Waals surface area contributed by atoms with E-state index in [1.165, 1.54) is 22.9 Å². The van der Waals surface area contributed by atoms with E-state index in [1.807, 2.05) is 43.3 Å². The fraction of sp³-hybridized carbons (Fsp3) is 0.286. The molecular weight excluding hydrogens is 358 g/mol. The molecule has 5 nitrogen and oxygen atoms in total. The van der Waals surface area contributed by atoms with Crippen molar-refractivity contribution in [2.75, 3.05) is 0 Å². The van der Waals surface area contributed by atoms with Crippen molar-refractivity contribution in [3.63, 3.8) is 0 Å². The zero-order valence-corrected chi connectivity index (χ0v) is 15.9. The Balaban J connectivity index is 1.40. The van der Waals surface area contributed by atoms with E-state index in [4.69, 9.17) is 4.42 Å². The Kier molecular flexibility index (Phi) is 5.25. The topological polar surface area (TPSA) is 68.0 Å². The van der Waals surface area contributed by atoms with Crippen LogP contribution in [0.3, 0.4) is 0 Å². The number of hydrogen-bond acceptors (Lipinski definition) is 5. The van der Waals surface area contributed by atoms with Gasteiger partial charge in [-0.15, -0.1) is 10.2 Å². The second-order valence-electron chi connectivity index (χ2n) is 6.65. The summed E-state index contributed by atoms with van der Waals surface area (Å²) < 4.78 is 5.70.